The predicted octanol–water partition coefficient (Wildman–Crippen LogP) is -1.36. The first-order chi connectivity index (χ1) is 6.15. The molecule has 0 aromatic carbocycles. The van der Waals surface area contributed by atoms with Crippen molar-refractivity contribution < 1.29 is 9.59 Å². The summed E-state index contributed by atoms with van der Waals surface area (Å²) >= 11 is 0. The van der Waals surface area contributed by atoms with Crippen LogP contribution in [0.15, 0.2) is 0 Å². The number of rotatable bonds is 3. The third kappa shape index (κ3) is 2.50. The van der Waals surface area contributed by atoms with Gasteiger partial charge in [-0.25, -0.2) is 0 Å². The summed E-state index contributed by atoms with van der Waals surface area (Å²) in [7, 11) is 1.76. The van der Waals surface area contributed by atoms with E-state index in [1.54, 1.807) is 11.9 Å². The van der Waals surface area contributed by atoms with Crippen LogP contribution >= 0.6 is 0 Å². The molecule has 0 atom stereocenters. The van der Waals surface area contributed by atoms with Gasteiger partial charge in [0, 0.05) is 6.54 Å². The van der Waals surface area contributed by atoms with Gasteiger partial charge in [0.2, 0.25) is 11.8 Å². The van der Waals surface area contributed by atoms with Gasteiger partial charge in [0.25, 0.3) is 0 Å². The molecule has 13 heavy (non-hydrogen) atoms. The zero-order chi connectivity index (χ0) is 9.84. The Labute approximate surface area is 77.5 Å². The van der Waals surface area contributed by atoms with Crippen LogP contribution in [0.3, 0.4) is 0 Å². The summed E-state index contributed by atoms with van der Waals surface area (Å²) in [5.74, 6) is -0.237. The van der Waals surface area contributed by atoms with Crippen LogP contribution in [0.2, 0.25) is 0 Å². The van der Waals surface area contributed by atoms with Crippen LogP contribution in [0.25, 0.3) is 0 Å². The Morgan fingerprint density at radius 2 is 1.85 bits per heavy atom. The van der Waals surface area contributed by atoms with E-state index in [1.165, 1.54) is 4.90 Å². The number of hydrogen-bond acceptors (Lipinski definition) is 4. The van der Waals surface area contributed by atoms with Gasteiger partial charge in [-0.2, -0.15) is 0 Å². The van der Waals surface area contributed by atoms with E-state index < -0.39 is 0 Å². The van der Waals surface area contributed by atoms with Gasteiger partial charge < -0.3 is 5.73 Å². The minimum atomic E-state index is -0.118. The second-order valence-corrected chi connectivity index (χ2v) is 3.25. The van der Waals surface area contributed by atoms with E-state index >= 15 is 0 Å². The number of nitrogens with zero attached hydrogens (tertiary/aromatic N) is 2. The SMILES string of the molecule is CN1CC(=O)N(CCCN)C(=O)C1. The third-order valence-electron chi connectivity index (χ3n) is 2.00. The van der Waals surface area contributed by atoms with Crippen LogP contribution in [0, 0.1) is 0 Å². The smallest absolute Gasteiger partial charge is 0.243 e. The molecular weight excluding hydrogens is 170 g/mol. The maximum absolute atomic E-state index is 11.3. The van der Waals surface area contributed by atoms with Crippen molar-refractivity contribution in [3.8, 4) is 0 Å². The van der Waals surface area contributed by atoms with Crippen molar-refractivity contribution in [2.45, 2.75) is 6.42 Å². The Morgan fingerprint density at radius 3 is 2.31 bits per heavy atom. The Balaban J connectivity index is 2.52. The van der Waals surface area contributed by atoms with Gasteiger partial charge in [-0.1, -0.05) is 0 Å². The summed E-state index contributed by atoms with van der Waals surface area (Å²) < 4.78 is 0. The van der Waals surface area contributed by atoms with Crippen molar-refractivity contribution >= 4 is 11.8 Å². The average Bonchev–Trinajstić information content (AvgIpc) is 2.02. The summed E-state index contributed by atoms with van der Waals surface area (Å²) in [5.41, 5.74) is 5.30. The van der Waals surface area contributed by atoms with Crippen molar-refractivity contribution in [3.05, 3.63) is 0 Å². The molecule has 5 heteroatoms. The molecule has 0 aromatic rings. The molecule has 1 aliphatic rings. The molecule has 2 N–H and O–H groups in total. The minimum absolute atomic E-state index is 0.118. The molecule has 1 rings (SSSR count). The molecule has 1 heterocycles. The zero-order valence-electron chi connectivity index (χ0n) is 7.82. The van der Waals surface area contributed by atoms with E-state index in [9.17, 15) is 9.59 Å². The van der Waals surface area contributed by atoms with Gasteiger partial charge in [0.1, 0.15) is 0 Å². The highest BCUT2D eigenvalue weighted by atomic mass is 16.2. The van der Waals surface area contributed by atoms with E-state index in [1.807, 2.05) is 0 Å². The van der Waals surface area contributed by atoms with Crippen molar-refractivity contribution in [2.75, 3.05) is 33.2 Å². The van der Waals surface area contributed by atoms with Gasteiger partial charge >= 0.3 is 0 Å². The number of carbonyl (C=O) groups excluding carboxylic acids is 2. The molecule has 1 aliphatic heterocycles. The Bertz CT molecular complexity index is 199. The minimum Gasteiger partial charge on any atom is -0.330 e. The molecule has 5 nitrogen and oxygen atoms in total. The van der Waals surface area contributed by atoms with Crippen LogP contribution in [0.1, 0.15) is 6.42 Å². The topological polar surface area (TPSA) is 66.6 Å². The van der Waals surface area contributed by atoms with E-state index in [-0.39, 0.29) is 11.8 Å². The molecule has 0 aliphatic carbocycles. The Hall–Kier alpha value is -0.940. The van der Waals surface area contributed by atoms with Gasteiger partial charge in [0.05, 0.1) is 13.1 Å². The van der Waals surface area contributed by atoms with Crippen molar-refractivity contribution in [2.24, 2.45) is 5.73 Å². The monoisotopic (exact) mass is 185 g/mol. The first-order valence-corrected chi connectivity index (χ1v) is 4.37. The number of nitrogens with two attached hydrogens (primary N) is 1. The van der Waals surface area contributed by atoms with Crippen molar-refractivity contribution in [1.82, 2.24) is 9.80 Å². The molecule has 74 valence electrons. The number of likely N-dealkylation sites (N-methyl/N-ethyl adjacent to an activating group) is 1. The van der Waals surface area contributed by atoms with E-state index in [2.05, 4.69) is 0 Å². The fourth-order valence-electron chi connectivity index (χ4n) is 1.33. The lowest BCUT2D eigenvalue weighted by molar-refractivity contribution is -0.150. The maximum atomic E-state index is 11.3. The quantitative estimate of drug-likeness (QED) is 0.551. The van der Waals surface area contributed by atoms with E-state index in [0.29, 0.717) is 32.6 Å². The molecule has 1 saturated heterocycles. The third-order valence-corrected chi connectivity index (χ3v) is 2.00. The zero-order valence-corrected chi connectivity index (χ0v) is 7.82. The molecule has 0 spiro atoms. The normalized spacial score (nSPS) is 19.7. The standard InChI is InChI=1S/C8H15N3O2/c1-10-5-7(12)11(4-2-3-9)8(13)6-10/h2-6,9H2,1H3. The van der Waals surface area contributed by atoms with Crippen LogP contribution < -0.4 is 5.73 Å². The maximum Gasteiger partial charge on any atom is 0.243 e. The highest BCUT2D eigenvalue weighted by Gasteiger charge is 2.27. The van der Waals surface area contributed by atoms with Crippen molar-refractivity contribution in [1.29, 1.82) is 0 Å². The van der Waals surface area contributed by atoms with Crippen LogP contribution in [-0.4, -0.2) is 54.8 Å². The van der Waals surface area contributed by atoms with Gasteiger partial charge in [-0.05, 0) is 20.0 Å². The molecule has 1 fully saturated rings. The van der Waals surface area contributed by atoms with E-state index in [4.69, 9.17) is 5.73 Å². The largest absolute Gasteiger partial charge is 0.330 e. The fraction of sp³-hybridized carbons (Fsp3) is 0.750. The number of imide groups is 1. The van der Waals surface area contributed by atoms with E-state index in [0.717, 1.165) is 0 Å². The highest BCUT2D eigenvalue weighted by molar-refractivity contribution is 5.99. The van der Waals surface area contributed by atoms with Gasteiger partial charge in [-0.15, -0.1) is 0 Å². The number of hydrogen-bond donors (Lipinski definition) is 1. The summed E-state index contributed by atoms with van der Waals surface area (Å²) in [4.78, 5) is 25.7. The summed E-state index contributed by atoms with van der Waals surface area (Å²) in [6.07, 6.45) is 0.682. The van der Waals surface area contributed by atoms with Crippen LogP contribution in [-0.2, 0) is 9.59 Å². The first kappa shape index (κ1) is 10.1. The summed E-state index contributed by atoms with van der Waals surface area (Å²) in [6, 6.07) is 0. The second kappa shape index (κ2) is 4.34. The lowest BCUT2D eigenvalue weighted by Gasteiger charge is -2.30. The molecule has 0 bridgehead atoms. The van der Waals surface area contributed by atoms with Crippen LogP contribution in [0.5, 0.6) is 0 Å². The van der Waals surface area contributed by atoms with Gasteiger partial charge in [-0.3, -0.25) is 19.4 Å². The molecular formula is C8H15N3O2. The first-order valence-electron chi connectivity index (χ1n) is 4.37. The molecule has 0 radical (unpaired) electrons. The molecule has 0 saturated carbocycles. The number of carbonyl (C=O) groups is 2. The lowest BCUT2D eigenvalue weighted by Crippen LogP contribution is -2.52. The summed E-state index contributed by atoms with van der Waals surface area (Å²) in [5, 5.41) is 0. The lowest BCUT2D eigenvalue weighted by atomic mass is 10.3. The molecule has 0 aromatic heterocycles. The average molecular weight is 185 g/mol. The highest BCUT2D eigenvalue weighted by Crippen LogP contribution is 2.03. The van der Waals surface area contributed by atoms with Crippen molar-refractivity contribution in [3.63, 3.8) is 0 Å². The molecule has 0 unspecified atom stereocenters. The number of amides is 2. The molecule has 2 amide bonds. The second-order valence-electron chi connectivity index (χ2n) is 3.25. The predicted molar refractivity (Wildman–Crippen MR) is 47.9 cm³/mol. The Kier molecular flexibility index (Phi) is 3.39. The summed E-state index contributed by atoms with van der Waals surface area (Å²) in [6.45, 7) is 1.63. The fourth-order valence-corrected chi connectivity index (χ4v) is 1.33. The number of piperazine rings is 1. The van der Waals surface area contributed by atoms with Gasteiger partial charge in [0.15, 0.2) is 0 Å². The van der Waals surface area contributed by atoms with Crippen LogP contribution in [0.4, 0.5) is 0 Å². The Morgan fingerprint density at radius 1 is 1.31 bits per heavy atom.